The molecule has 0 aliphatic heterocycles. The van der Waals surface area contributed by atoms with Crippen LogP contribution in [-0.2, 0) is 18.5 Å². The van der Waals surface area contributed by atoms with Crippen LogP contribution in [0.2, 0.25) is 0 Å². The summed E-state index contributed by atoms with van der Waals surface area (Å²) in [5.74, 6) is -2.66. The average molecular weight is 515 g/mol. The zero-order valence-corrected chi connectivity index (χ0v) is 22.6. The van der Waals surface area contributed by atoms with Gasteiger partial charge in [0.2, 0.25) is 0 Å². The SMILES string of the molecule is O=C([O-])c1ccc(NS(=O)(=O)Cl)cc1.O=C([O-])c1ccc(NS(=O)(=O)Cl)cc1.[Na+].[Na+]. The number of hydrogen-bond acceptors (Lipinski definition) is 8. The molecule has 152 valence electrons. The van der Waals surface area contributed by atoms with Crippen LogP contribution >= 0.6 is 21.4 Å². The van der Waals surface area contributed by atoms with Gasteiger partial charge in [-0.25, -0.2) is 0 Å². The van der Waals surface area contributed by atoms with Crippen molar-refractivity contribution >= 4 is 63.2 Å². The minimum absolute atomic E-state index is 0. The molecular formula is C14H10Cl2N2Na2O8S2. The number of nitrogens with one attached hydrogen (secondary N) is 2. The summed E-state index contributed by atoms with van der Waals surface area (Å²) in [7, 11) is 2.10. The molecule has 0 aliphatic rings. The van der Waals surface area contributed by atoms with Crippen molar-refractivity contribution in [2.75, 3.05) is 9.44 Å². The molecule has 10 nitrogen and oxygen atoms in total. The number of anilines is 2. The number of carboxylic acids is 2. The van der Waals surface area contributed by atoms with E-state index in [4.69, 9.17) is 21.4 Å². The standard InChI is InChI=1S/2C7H6ClNO4S.2Na/c2*8-14(12,13)9-6-3-1-5(2-4-6)7(10)11;;/h2*1-4,9H,(H,10,11);;/q;;2*+1/p-2. The molecule has 2 rings (SSSR count). The molecule has 0 aliphatic carbocycles. The second kappa shape index (κ2) is 13.8. The number of rotatable bonds is 6. The van der Waals surface area contributed by atoms with E-state index in [1.54, 1.807) is 0 Å². The normalized spacial score (nSPS) is 10.2. The Morgan fingerprint density at radius 2 is 0.867 bits per heavy atom. The van der Waals surface area contributed by atoms with Crippen LogP contribution in [0.5, 0.6) is 0 Å². The van der Waals surface area contributed by atoms with Gasteiger partial charge >= 0.3 is 77.6 Å². The van der Waals surface area contributed by atoms with Gasteiger partial charge in [0, 0.05) is 32.7 Å². The summed E-state index contributed by atoms with van der Waals surface area (Å²) < 4.78 is 46.1. The van der Waals surface area contributed by atoms with E-state index in [0.717, 1.165) is 0 Å². The van der Waals surface area contributed by atoms with Crippen LogP contribution in [0.4, 0.5) is 11.4 Å². The molecule has 0 saturated carbocycles. The summed E-state index contributed by atoms with van der Waals surface area (Å²) in [4.78, 5) is 20.6. The van der Waals surface area contributed by atoms with Crippen molar-refractivity contribution in [3.8, 4) is 0 Å². The molecule has 2 N–H and O–H groups in total. The van der Waals surface area contributed by atoms with Gasteiger partial charge in [0.05, 0.1) is 11.9 Å². The largest absolute Gasteiger partial charge is 1.00 e. The molecule has 2 aromatic rings. The van der Waals surface area contributed by atoms with Gasteiger partial charge in [0.25, 0.3) is 0 Å². The van der Waals surface area contributed by atoms with E-state index < -0.39 is 30.4 Å². The second-order valence-electron chi connectivity index (χ2n) is 4.81. The van der Waals surface area contributed by atoms with Gasteiger partial charge in [-0.1, -0.05) is 24.3 Å². The summed E-state index contributed by atoms with van der Waals surface area (Å²) in [6, 6.07) is 9.91. The molecule has 2 aromatic carbocycles. The number of benzene rings is 2. The number of carbonyl (C=O) groups excluding carboxylic acids is 2. The topological polar surface area (TPSA) is 173 Å². The molecule has 0 unspecified atom stereocenters. The third kappa shape index (κ3) is 13.7. The van der Waals surface area contributed by atoms with E-state index in [0.29, 0.717) is 0 Å². The van der Waals surface area contributed by atoms with E-state index in [1.165, 1.54) is 48.5 Å². The molecule has 0 saturated heterocycles. The smallest absolute Gasteiger partial charge is 0.545 e. The van der Waals surface area contributed by atoms with Gasteiger partial charge < -0.3 is 19.8 Å². The minimum atomic E-state index is -3.85. The Labute approximate surface area is 225 Å². The van der Waals surface area contributed by atoms with Crippen LogP contribution in [0, 0.1) is 0 Å². The maximum absolute atomic E-state index is 10.5. The van der Waals surface area contributed by atoms with Gasteiger partial charge in [0.15, 0.2) is 0 Å². The average Bonchev–Trinajstić information content (AvgIpc) is 2.53. The van der Waals surface area contributed by atoms with Crippen LogP contribution in [0.3, 0.4) is 0 Å². The maximum Gasteiger partial charge on any atom is 1.00 e. The van der Waals surface area contributed by atoms with Crippen molar-refractivity contribution in [2.45, 2.75) is 0 Å². The first-order valence-corrected chi connectivity index (χ1v) is 11.5. The van der Waals surface area contributed by atoms with Crippen LogP contribution in [-0.4, -0.2) is 28.8 Å². The van der Waals surface area contributed by atoms with Crippen molar-refractivity contribution in [1.82, 2.24) is 0 Å². The first-order chi connectivity index (χ1) is 12.8. The third-order valence-electron chi connectivity index (χ3n) is 2.72. The quantitative estimate of drug-likeness (QED) is 0.283. The van der Waals surface area contributed by atoms with Gasteiger partial charge in [-0.05, 0) is 35.4 Å². The number of aromatic carboxylic acids is 2. The molecule has 0 spiro atoms. The first-order valence-electron chi connectivity index (χ1n) is 6.84. The molecule has 0 bridgehead atoms. The minimum Gasteiger partial charge on any atom is -0.545 e. The Bertz CT molecular complexity index is 977. The van der Waals surface area contributed by atoms with Crippen LogP contribution in [0.25, 0.3) is 0 Å². The molecule has 0 fully saturated rings. The molecule has 0 heterocycles. The van der Waals surface area contributed by atoms with E-state index in [9.17, 15) is 36.6 Å². The molecule has 0 atom stereocenters. The summed E-state index contributed by atoms with van der Waals surface area (Å²) in [5.41, 5.74) is 0.292. The fourth-order valence-electron chi connectivity index (χ4n) is 1.63. The maximum atomic E-state index is 10.5. The summed E-state index contributed by atoms with van der Waals surface area (Å²) in [6.45, 7) is 0. The first kappa shape index (κ1) is 31.6. The number of hydrogen-bond donors (Lipinski definition) is 2. The van der Waals surface area contributed by atoms with Crippen LogP contribution < -0.4 is 78.8 Å². The van der Waals surface area contributed by atoms with E-state index in [1.807, 2.05) is 9.44 Å². The zero-order chi connectivity index (χ0) is 21.5. The fourth-order valence-corrected chi connectivity index (χ4v) is 3.00. The van der Waals surface area contributed by atoms with E-state index >= 15 is 0 Å². The summed E-state index contributed by atoms with van der Waals surface area (Å²) in [5, 5.41) is 20.6. The van der Waals surface area contributed by atoms with Crippen LogP contribution in [0.1, 0.15) is 20.7 Å². The van der Waals surface area contributed by atoms with E-state index in [2.05, 4.69) is 0 Å². The van der Waals surface area contributed by atoms with Gasteiger partial charge in [-0.3, -0.25) is 9.44 Å². The van der Waals surface area contributed by atoms with Gasteiger partial charge in [0.1, 0.15) is 0 Å². The second-order valence-corrected chi connectivity index (χ2v) is 9.41. The van der Waals surface area contributed by atoms with Crippen molar-refractivity contribution in [1.29, 1.82) is 0 Å². The number of halogens is 2. The Morgan fingerprint density at radius 3 is 1.03 bits per heavy atom. The summed E-state index contributed by atoms with van der Waals surface area (Å²) >= 11 is 0. The van der Waals surface area contributed by atoms with Crippen molar-refractivity contribution < 1.29 is 95.8 Å². The Kier molecular flexibility index (Phi) is 14.5. The predicted octanol–water partition coefficient (Wildman–Crippen LogP) is -6.10. The van der Waals surface area contributed by atoms with Crippen molar-refractivity contribution in [3.63, 3.8) is 0 Å². The molecule has 0 radical (unpaired) electrons. The number of carbonyl (C=O) groups is 2. The van der Waals surface area contributed by atoms with Crippen molar-refractivity contribution in [2.24, 2.45) is 0 Å². The number of carboxylic acid groups (broad SMARTS) is 2. The zero-order valence-electron chi connectivity index (χ0n) is 15.5. The Balaban J connectivity index is 0. The molecule has 16 heteroatoms. The fraction of sp³-hybridized carbons (Fsp3) is 0. The monoisotopic (exact) mass is 514 g/mol. The van der Waals surface area contributed by atoms with Gasteiger partial charge in [-0.2, -0.15) is 16.8 Å². The van der Waals surface area contributed by atoms with E-state index in [-0.39, 0.29) is 81.6 Å². The van der Waals surface area contributed by atoms with Gasteiger partial charge in [-0.15, -0.1) is 0 Å². The third-order valence-corrected chi connectivity index (χ3v) is 4.14. The molecule has 0 aromatic heterocycles. The molecule has 0 amide bonds. The predicted molar refractivity (Wildman–Crippen MR) is 98.3 cm³/mol. The molecular weight excluding hydrogens is 505 g/mol. The molecule has 30 heavy (non-hydrogen) atoms. The summed E-state index contributed by atoms with van der Waals surface area (Å²) in [6.07, 6.45) is 0. The Morgan fingerprint density at radius 1 is 0.633 bits per heavy atom. The Hall–Kier alpha value is -0.540. The van der Waals surface area contributed by atoms with Crippen LogP contribution in [0.15, 0.2) is 48.5 Å². The van der Waals surface area contributed by atoms with Crippen molar-refractivity contribution in [3.05, 3.63) is 59.7 Å².